The van der Waals surface area contributed by atoms with Crippen molar-refractivity contribution >= 4 is 67.4 Å². The molecular formula is C23H27Cl2IN6O. The third-order valence-corrected chi connectivity index (χ3v) is 7.65. The number of carbonyl (C=O) groups is 1. The third kappa shape index (κ3) is 4.84. The Balaban J connectivity index is 1.32. The number of rotatable bonds is 5. The van der Waals surface area contributed by atoms with Gasteiger partial charge in [0, 0.05) is 52.9 Å². The summed E-state index contributed by atoms with van der Waals surface area (Å²) in [7, 11) is 0. The van der Waals surface area contributed by atoms with E-state index in [1.165, 1.54) is 0 Å². The van der Waals surface area contributed by atoms with Crippen LogP contribution in [0.25, 0.3) is 0 Å². The van der Waals surface area contributed by atoms with Gasteiger partial charge in [-0.25, -0.2) is 4.99 Å². The van der Waals surface area contributed by atoms with Gasteiger partial charge in [-0.2, -0.15) is 0 Å². The first kappa shape index (κ1) is 23.2. The molecule has 0 bridgehead atoms. The van der Waals surface area contributed by atoms with Crippen molar-refractivity contribution in [2.45, 2.75) is 50.2 Å². The van der Waals surface area contributed by atoms with Crippen LogP contribution in [0, 0.1) is 5.92 Å². The molecule has 3 heterocycles. The van der Waals surface area contributed by atoms with Crippen LogP contribution < -0.4 is 11.1 Å². The van der Waals surface area contributed by atoms with Crippen molar-refractivity contribution in [3.05, 3.63) is 39.6 Å². The van der Waals surface area contributed by atoms with E-state index in [0.29, 0.717) is 27.8 Å². The van der Waals surface area contributed by atoms with Crippen LogP contribution in [0.1, 0.15) is 32.1 Å². The lowest BCUT2D eigenvalue weighted by atomic mass is 9.97. The summed E-state index contributed by atoms with van der Waals surface area (Å²) in [5.41, 5.74) is 8.12. The van der Waals surface area contributed by atoms with Gasteiger partial charge in [0.05, 0.1) is 10.3 Å². The summed E-state index contributed by atoms with van der Waals surface area (Å²) in [6.45, 7) is 2.46. The number of amidine groups is 1. The van der Waals surface area contributed by atoms with Gasteiger partial charge in [0.2, 0.25) is 5.91 Å². The predicted molar refractivity (Wildman–Crippen MR) is 142 cm³/mol. The lowest BCUT2D eigenvalue weighted by Crippen LogP contribution is -2.56. The molecule has 2 saturated heterocycles. The lowest BCUT2D eigenvalue weighted by molar-refractivity contribution is -0.137. The van der Waals surface area contributed by atoms with Gasteiger partial charge in [0.1, 0.15) is 17.7 Å². The van der Waals surface area contributed by atoms with Crippen molar-refractivity contribution in [1.82, 2.24) is 9.80 Å². The Bertz CT molecular complexity index is 1020. The third-order valence-electron chi connectivity index (χ3n) is 6.93. The van der Waals surface area contributed by atoms with Crippen molar-refractivity contribution < 1.29 is 4.79 Å². The number of hydrogen-bond acceptors (Lipinski definition) is 6. The summed E-state index contributed by atoms with van der Waals surface area (Å²) >= 11 is 14.4. The van der Waals surface area contributed by atoms with E-state index in [2.05, 4.69) is 42.7 Å². The molecule has 4 atom stereocenters. The zero-order chi connectivity index (χ0) is 23.1. The molecule has 4 aliphatic rings. The second-order valence-electron chi connectivity index (χ2n) is 9.16. The first-order chi connectivity index (χ1) is 15.9. The second kappa shape index (κ2) is 9.62. The summed E-state index contributed by atoms with van der Waals surface area (Å²) in [4.78, 5) is 27.1. The molecule has 1 aliphatic carbocycles. The number of amides is 1. The quantitative estimate of drug-likeness (QED) is 0.390. The fourth-order valence-electron chi connectivity index (χ4n) is 5.36. The van der Waals surface area contributed by atoms with Gasteiger partial charge in [0.15, 0.2) is 0 Å². The smallest absolute Gasteiger partial charge is 0.245 e. The van der Waals surface area contributed by atoms with Crippen molar-refractivity contribution in [1.29, 1.82) is 0 Å². The van der Waals surface area contributed by atoms with Crippen molar-refractivity contribution in [3.63, 3.8) is 0 Å². The SMILES string of the molecule is NC1=NC2CC2/C1=C(/N=CI)N1CCC[C@@H](N2CCCC(Nc3cc(Cl)cc(Cl)c3)C2=O)C1. The van der Waals surface area contributed by atoms with Gasteiger partial charge < -0.3 is 20.9 Å². The second-order valence-corrected chi connectivity index (χ2v) is 10.6. The molecule has 10 heteroatoms. The van der Waals surface area contributed by atoms with Gasteiger partial charge in [-0.15, -0.1) is 0 Å². The number of likely N-dealkylation sites (tertiary alicyclic amines) is 2. The first-order valence-corrected chi connectivity index (χ1v) is 13.4. The maximum absolute atomic E-state index is 13.5. The number of fused-ring (bicyclic) bond motifs is 1. The summed E-state index contributed by atoms with van der Waals surface area (Å²) in [6.07, 6.45) is 4.82. The number of piperidine rings is 2. The molecule has 33 heavy (non-hydrogen) atoms. The number of halogens is 3. The molecule has 0 radical (unpaired) electrons. The zero-order valence-corrected chi connectivity index (χ0v) is 21.9. The minimum Gasteiger partial charge on any atom is -0.384 e. The van der Waals surface area contributed by atoms with E-state index in [9.17, 15) is 4.79 Å². The topological polar surface area (TPSA) is 86.3 Å². The number of nitrogens with one attached hydrogen (secondary N) is 1. The molecule has 3 aliphatic heterocycles. The van der Waals surface area contributed by atoms with Crippen LogP contribution >= 0.6 is 45.8 Å². The number of benzene rings is 1. The minimum atomic E-state index is -0.279. The highest BCUT2D eigenvalue weighted by atomic mass is 127. The minimum absolute atomic E-state index is 0.139. The largest absolute Gasteiger partial charge is 0.384 e. The van der Waals surface area contributed by atoms with Crippen LogP contribution in [-0.4, -0.2) is 63.5 Å². The van der Waals surface area contributed by atoms with Crippen molar-refractivity contribution in [2.75, 3.05) is 25.0 Å². The molecule has 0 aromatic heterocycles. The van der Waals surface area contributed by atoms with E-state index in [1.807, 2.05) is 0 Å². The molecule has 1 saturated carbocycles. The first-order valence-electron chi connectivity index (χ1n) is 11.4. The van der Waals surface area contributed by atoms with E-state index < -0.39 is 0 Å². The van der Waals surface area contributed by atoms with E-state index in [0.717, 1.165) is 68.8 Å². The van der Waals surface area contributed by atoms with E-state index in [-0.39, 0.29) is 18.0 Å². The van der Waals surface area contributed by atoms with E-state index >= 15 is 0 Å². The molecule has 3 fully saturated rings. The summed E-state index contributed by atoms with van der Waals surface area (Å²) in [6, 6.07) is 5.51. The number of hydrogen-bond donors (Lipinski definition) is 2. The molecule has 176 valence electrons. The Morgan fingerprint density at radius 3 is 2.67 bits per heavy atom. The standard InChI is InChI=1S/C23H27Cl2IN6O/c24-13-7-14(25)9-15(8-13)29-18-4-2-6-32(23(18)33)16-3-1-5-31(11-16)22(28-12-26)20-17-10-19(17)30-21(20)27/h7-9,12,16-19,29H,1-6,10-11H2,(H2,27,30)/b22-20+,28-12?/t16-,17?,18?,19?/m1/s1. The van der Waals surface area contributed by atoms with Gasteiger partial charge in [-0.3, -0.25) is 9.79 Å². The molecule has 1 aromatic rings. The van der Waals surface area contributed by atoms with Crippen LogP contribution in [0.15, 0.2) is 39.6 Å². The number of nitrogens with zero attached hydrogens (tertiary/aromatic N) is 4. The van der Waals surface area contributed by atoms with Crippen LogP contribution in [0.5, 0.6) is 0 Å². The maximum atomic E-state index is 13.5. The van der Waals surface area contributed by atoms with E-state index in [4.69, 9.17) is 33.9 Å². The predicted octanol–water partition coefficient (Wildman–Crippen LogP) is 4.29. The van der Waals surface area contributed by atoms with Gasteiger partial charge in [-0.1, -0.05) is 23.2 Å². The Morgan fingerprint density at radius 2 is 1.97 bits per heavy atom. The number of anilines is 1. The average Bonchev–Trinajstić information content (AvgIpc) is 3.45. The van der Waals surface area contributed by atoms with Crippen LogP contribution in [0.2, 0.25) is 10.0 Å². The van der Waals surface area contributed by atoms with Crippen LogP contribution in [-0.2, 0) is 4.79 Å². The summed E-state index contributed by atoms with van der Waals surface area (Å²) < 4.78 is 1.80. The van der Waals surface area contributed by atoms with Crippen molar-refractivity contribution in [3.8, 4) is 0 Å². The number of aliphatic imine (C=N–C) groups is 2. The highest BCUT2D eigenvalue weighted by Gasteiger charge is 2.49. The van der Waals surface area contributed by atoms with E-state index in [1.54, 1.807) is 22.4 Å². The normalized spacial score (nSPS) is 31.0. The molecule has 5 rings (SSSR count). The Kier molecular flexibility index (Phi) is 6.77. The number of nitrogens with two attached hydrogens (primary N) is 1. The van der Waals surface area contributed by atoms with Crippen LogP contribution in [0.4, 0.5) is 5.69 Å². The molecule has 3 unspecified atom stereocenters. The lowest BCUT2D eigenvalue weighted by Gasteiger charge is -2.44. The Labute approximate surface area is 217 Å². The molecule has 3 N–H and O–H groups in total. The molecule has 1 aromatic carbocycles. The molecule has 0 spiro atoms. The molecule has 7 nitrogen and oxygen atoms in total. The van der Waals surface area contributed by atoms with Crippen molar-refractivity contribution in [2.24, 2.45) is 21.6 Å². The fraction of sp³-hybridized carbons (Fsp3) is 0.522. The molecule has 1 amide bonds. The fourth-order valence-corrected chi connectivity index (χ4v) is 6.15. The zero-order valence-electron chi connectivity index (χ0n) is 18.2. The molecular weight excluding hydrogens is 574 g/mol. The van der Waals surface area contributed by atoms with Gasteiger partial charge >= 0.3 is 0 Å². The summed E-state index contributed by atoms with van der Waals surface area (Å²) in [5.74, 6) is 2.12. The van der Waals surface area contributed by atoms with Gasteiger partial charge in [0.25, 0.3) is 0 Å². The number of carbonyl (C=O) groups excluding carboxylic acids is 1. The highest BCUT2D eigenvalue weighted by Crippen LogP contribution is 2.47. The average molecular weight is 601 g/mol. The highest BCUT2D eigenvalue weighted by molar-refractivity contribution is 14.1. The maximum Gasteiger partial charge on any atom is 0.245 e. The van der Waals surface area contributed by atoms with Crippen LogP contribution in [0.3, 0.4) is 0 Å². The Hall–Kier alpha value is -1.52. The monoisotopic (exact) mass is 600 g/mol. The summed E-state index contributed by atoms with van der Waals surface area (Å²) in [5, 5.41) is 4.46. The van der Waals surface area contributed by atoms with Gasteiger partial charge in [-0.05, 0) is 72.9 Å². The Morgan fingerprint density at radius 1 is 1.21 bits per heavy atom.